The second-order valence-corrected chi connectivity index (χ2v) is 16.9. The topological polar surface area (TPSA) is 195 Å². The maximum atomic E-state index is 14.5. The van der Waals surface area contributed by atoms with Crippen molar-refractivity contribution in [2.24, 2.45) is 0 Å². The Morgan fingerprint density at radius 2 is 1.46 bits per heavy atom. The van der Waals surface area contributed by atoms with Gasteiger partial charge in [0.05, 0.1) is 49.5 Å². The van der Waals surface area contributed by atoms with Crippen molar-refractivity contribution in [1.82, 2.24) is 4.90 Å². The minimum atomic E-state index is -1.01. The minimum absolute atomic E-state index is 0.0638. The number of methoxy groups -OCH3 is 1. The van der Waals surface area contributed by atoms with E-state index in [0.717, 1.165) is 47.6 Å². The van der Waals surface area contributed by atoms with Crippen LogP contribution in [-0.2, 0) is 43.7 Å². The van der Waals surface area contributed by atoms with Crippen LogP contribution >= 0.6 is 0 Å². The number of piperidine rings is 1. The summed E-state index contributed by atoms with van der Waals surface area (Å²) in [5.41, 5.74) is 4.38. The van der Waals surface area contributed by atoms with Crippen molar-refractivity contribution in [3.05, 3.63) is 175 Å². The van der Waals surface area contributed by atoms with Gasteiger partial charge in [0.25, 0.3) is 16.1 Å². The molecular weight excluding hydrogens is 898 g/mol. The van der Waals surface area contributed by atoms with Gasteiger partial charge >= 0.3 is 5.97 Å². The molecule has 0 aliphatic carbocycles. The van der Waals surface area contributed by atoms with Gasteiger partial charge in [-0.2, -0.15) is 0 Å². The zero-order valence-corrected chi connectivity index (χ0v) is 37.9. The molecule has 4 unspecified atom stereocenters. The standard InChI is InChI=1S/C50H52FN5O13/c1-63-22-5-19-52-21-23-64-45-17-12-36(26-44(45)52)31-65-46-29-54(49(57)38-8-2-6-34(24-38)32-66-55(59)60)30-47(69-50(58)39-9-3-7-35(25-39)33-67-56(61)62)48(46)37-13-15-42(16-14-37)68-43-18-20-53(28-43)41-11-4-10-40(51)27-41/h2-4,6-17,24-27,43,46-48H,5,18-23,28-33H2,1H3. The molecule has 1 amide bonds. The Bertz CT molecular complexity index is 2600. The van der Waals surface area contributed by atoms with Gasteiger partial charge in [0.1, 0.15) is 49.3 Å². The minimum Gasteiger partial charge on any atom is -0.490 e. The van der Waals surface area contributed by atoms with Crippen LogP contribution in [0.15, 0.2) is 115 Å². The number of carbonyl (C=O) groups is 2. The molecule has 0 saturated carbocycles. The van der Waals surface area contributed by atoms with Crippen LogP contribution in [0.1, 0.15) is 61.7 Å². The van der Waals surface area contributed by atoms with Gasteiger partial charge in [-0.05, 0) is 95.4 Å². The summed E-state index contributed by atoms with van der Waals surface area (Å²) >= 11 is 0. The Morgan fingerprint density at radius 1 is 0.768 bits per heavy atom. The number of esters is 1. The normalized spacial score (nSPS) is 18.7. The lowest BCUT2D eigenvalue weighted by Crippen LogP contribution is -2.55. The largest absolute Gasteiger partial charge is 0.490 e. The second-order valence-electron chi connectivity index (χ2n) is 16.9. The van der Waals surface area contributed by atoms with Crippen LogP contribution in [-0.4, -0.2) is 105 Å². The highest BCUT2D eigenvalue weighted by molar-refractivity contribution is 5.94. The summed E-state index contributed by atoms with van der Waals surface area (Å²) in [7, 11) is 1.67. The molecule has 0 spiro atoms. The molecule has 362 valence electrons. The highest BCUT2D eigenvalue weighted by Crippen LogP contribution is 2.38. The molecule has 69 heavy (non-hydrogen) atoms. The molecule has 4 atom stereocenters. The summed E-state index contributed by atoms with van der Waals surface area (Å²) in [6.07, 6.45) is -0.386. The van der Waals surface area contributed by atoms with Crippen LogP contribution in [0.2, 0.25) is 0 Å². The molecule has 0 aromatic heterocycles. The van der Waals surface area contributed by atoms with Crippen molar-refractivity contribution in [2.75, 3.05) is 69.4 Å². The van der Waals surface area contributed by atoms with Gasteiger partial charge in [-0.3, -0.25) is 4.79 Å². The number of hydrogen-bond donors (Lipinski definition) is 0. The molecule has 5 aromatic rings. The van der Waals surface area contributed by atoms with Crippen molar-refractivity contribution in [3.63, 3.8) is 0 Å². The van der Waals surface area contributed by atoms with Crippen molar-refractivity contribution in [2.45, 2.75) is 56.9 Å². The molecule has 18 nitrogen and oxygen atoms in total. The number of ether oxygens (including phenoxy) is 5. The Kier molecular flexibility index (Phi) is 15.7. The monoisotopic (exact) mass is 949 g/mol. The fraction of sp³-hybridized carbons (Fsp3) is 0.360. The summed E-state index contributed by atoms with van der Waals surface area (Å²) in [6.45, 7) is 3.23. The lowest BCUT2D eigenvalue weighted by molar-refractivity contribution is -0.763. The van der Waals surface area contributed by atoms with Gasteiger partial charge in [-0.25, -0.2) is 9.18 Å². The van der Waals surface area contributed by atoms with E-state index in [2.05, 4.69) is 19.5 Å². The Balaban J connectivity index is 1.10. The molecule has 3 aliphatic rings. The fourth-order valence-corrected chi connectivity index (χ4v) is 9.00. The van der Waals surface area contributed by atoms with Crippen LogP contribution < -0.4 is 19.3 Å². The summed E-state index contributed by atoms with van der Waals surface area (Å²) < 4.78 is 45.0. The summed E-state index contributed by atoms with van der Waals surface area (Å²) in [5, 5.41) is 20.1. The molecule has 19 heteroatoms. The summed E-state index contributed by atoms with van der Waals surface area (Å²) in [4.78, 5) is 65.6. The van der Waals surface area contributed by atoms with Gasteiger partial charge in [-0.1, -0.05) is 48.5 Å². The van der Waals surface area contributed by atoms with E-state index >= 15 is 0 Å². The summed E-state index contributed by atoms with van der Waals surface area (Å²) in [5.74, 6) is -0.777. The first-order valence-electron chi connectivity index (χ1n) is 22.6. The predicted octanol–water partition coefficient (Wildman–Crippen LogP) is 7.19. The first kappa shape index (κ1) is 48.0. The number of nitrogens with zero attached hydrogens (tertiary/aromatic N) is 5. The number of anilines is 2. The zero-order chi connectivity index (χ0) is 48.3. The quantitative estimate of drug-likeness (QED) is 0.0329. The molecule has 2 saturated heterocycles. The number of carbonyl (C=O) groups excluding carboxylic acids is 2. The van der Waals surface area contributed by atoms with Crippen molar-refractivity contribution < 1.29 is 57.5 Å². The van der Waals surface area contributed by atoms with E-state index in [9.17, 15) is 34.2 Å². The molecule has 3 heterocycles. The van der Waals surface area contributed by atoms with Gasteiger partial charge in [0, 0.05) is 51.0 Å². The van der Waals surface area contributed by atoms with E-state index in [4.69, 9.17) is 23.7 Å². The average molecular weight is 950 g/mol. The number of halogens is 1. The van der Waals surface area contributed by atoms with E-state index in [1.54, 1.807) is 43.5 Å². The first-order valence-corrected chi connectivity index (χ1v) is 22.6. The smallest absolute Gasteiger partial charge is 0.338 e. The Morgan fingerprint density at radius 3 is 2.19 bits per heavy atom. The number of amides is 1. The Hall–Kier alpha value is -7.51. The van der Waals surface area contributed by atoms with Gasteiger partial charge in [0.15, 0.2) is 0 Å². The molecule has 2 fully saturated rings. The second kappa shape index (κ2) is 22.5. The maximum Gasteiger partial charge on any atom is 0.338 e. The number of fused-ring (bicyclic) bond motifs is 1. The molecule has 0 radical (unpaired) electrons. The van der Waals surface area contributed by atoms with Crippen LogP contribution in [0.3, 0.4) is 0 Å². The molecule has 8 rings (SSSR count). The van der Waals surface area contributed by atoms with Crippen LogP contribution in [0.25, 0.3) is 0 Å². The molecule has 0 N–H and O–H groups in total. The highest BCUT2D eigenvalue weighted by atomic mass is 19.1. The van der Waals surface area contributed by atoms with E-state index in [1.807, 2.05) is 48.5 Å². The third-order valence-electron chi connectivity index (χ3n) is 12.3. The maximum absolute atomic E-state index is 14.5. The third-order valence-corrected chi connectivity index (χ3v) is 12.3. The molecular formula is C50H52FN5O13. The van der Waals surface area contributed by atoms with Crippen LogP contribution in [0, 0.1) is 26.0 Å². The number of likely N-dealkylation sites (tertiary alicyclic amines) is 1. The highest BCUT2D eigenvalue weighted by Gasteiger charge is 2.43. The first-order chi connectivity index (χ1) is 33.5. The van der Waals surface area contributed by atoms with Gasteiger partial charge in [-0.15, -0.1) is 20.2 Å². The van der Waals surface area contributed by atoms with Crippen molar-refractivity contribution in [3.8, 4) is 11.5 Å². The van der Waals surface area contributed by atoms with E-state index in [-0.39, 0.29) is 56.0 Å². The van der Waals surface area contributed by atoms with E-state index in [1.165, 1.54) is 35.2 Å². The fourth-order valence-electron chi connectivity index (χ4n) is 9.00. The average Bonchev–Trinajstić information content (AvgIpc) is 3.83. The molecule has 0 bridgehead atoms. The van der Waals surface area contributed by atoms with Crippen LogP contribution in [0.5, 0.6) is 11.5 Å². The van der Waals surface area contributed by atoms with Crippen LogP contribution in [0.4, 0.5) is 15.8 Å². The SMILES string of the molecule is COCCCN1CCOc2ccc(COC3CN(C(=O)c4cccc(CO[N+](=O)[O-])c4)CC(OC(=O)c4cccc(CO[N+](=O)[O-])c4)C3c3ccc(OC4CCN(c5cccc(F)c5)C4)cc3)cc21. The Labute approximate surface area is 397 Å². The number of rotatable bonds is 20. The lowest BCUT2D eigenvalue weighted by Gasteiger charge is -2.43. The third kappa shape index (κ3) is 12.5. The van der Waals surface area contributed by atoms with E-state index in [0.29, 0.717) is 49.7 Å². The summed E-state index contributed by atoms with van der Waals surface area (Å²) in [6, 6.07) is 32.2. The zero-order valence-electron chi connectivity index (χ0n) is 37.9. The lowest BCUT2D eigenvalue weighted by atomic mass is 9.84. The van der Waals surface area contributed by atoms with Crippen molar-refractivity contribution in [1.29, 1.82) is 0 Å². The molecule has 5 aromatic carbocycles. The van der Waals surface area contributed by atoms with Crippen molar-refractivity contribution >= 4 is 23.3 Å². The van der Waals surface area contributed by atoms with Gasteiger partial charge < -0.3 is 48.1 Å². The predicted molar refractivity (Wildman–Crippen MR) is 248 cm³/mol. The van der Waals surface area contributed by atoms with Gasteiger partial charge in [0.2, 0.25) is 0 Å². The van der Waals surface area contributed by atoms with E-state index < -0.39 is 40.2 Å². The molecule has 3 aliphatic heterocycles. The number of hydrogen-bond acceptors (Lipinski definition) is 15. The number of benzene rings is 5.